The summed E-state index contributed by atoms with van der Waals surface area (Å²) in [6, 6.07) is 6.93. The third-order valence-corrected chi connectivity index (χ3v) is 3.39. The van der Waals surface area contributed by atoms with E-state index in [9.17, 15) is 14.4 Å². The van der Waals surface area contributed by atoms with Crippen LogP contribution in [0.3, 0.4) is 0 Å². The van der Waals surface area contributed by atoms with E-state index in [4.69, 9.17) is 4.74 Å². The van der Waals surface area contributed by atoms with E-state index in [0.29, 0.717) is 17.0 Å². The molecular weight excluding hydrogens is 314 g/mol. The van der Waals surface area contributed by atoms with Crippen LogP contribution >= 0.6 is 0 Å². The van der Waals surface area contributed by atoms with E-state index in [-0.39, 0.29) is 19.1 Å². The molecule has 2 heterocycles. The Kier molecular flexibility index (Phi) is 4.15. The van der Waals surface area contributed by atoms with Crippen molar-refractivity contribution in [3.63, 3.8) is 0 Å². The van der Waals surface area contributed by atoms with Crippen LogP contribution in [0, 0.1) is 0 Å². The number of aryl methyl sites for hydroxylation is 1. The first kappa shape index (κ1) is 15.5. The molecule has 0 saturated carbocycles. The van der Waals surface area contributed by atoms with Crippen LogP contribution in [-0.4, -0.2) is 40.7 Å². The van der Waals surface area contributed by atoms with Crippen molar-refractivity contribution in [1.82, 2.24) is 20.6 Å². The summed E-state index contributed by atoms with van der Waals surface area (Å²) in [5.41, 5.74) is 5.38. The summed E-state index contributed by atoms with van der Waals surface area (Å²) < 4.78 is 6.78. The number of hydrogen-bond donors (Lipinski definition) is 2. The highest BCUT2D eigenvalue weighted by atomic mass is 16.5. The van der Waals surface area contributed by atoms with Crippen LogP contribution in [0.2, 0.25) is 0 Å². The van der Waals surface area contributed by atoms with Gasteiger partial charge in [0.25, 0.3) is 17.7 Å². The maximum atomic E-state index is 12.0. The lowest BCUT2D eigenvalue weighted by atomic mass is 10.2. The van der Waals surface area contributed by atoms with Crippen LogP contribution in [0.1, 0.15) is 10.4 Å². The molecule has 9 nitrogen and oxygen atoms in total. The minimum Gasteiger partial charge on any atom is -0.482 e. The summed E-state index contributed by atoms with van der Waals surface area (Å²) in [7, 11) is 1.68. The number of nitrogens with zero attached hydrogens (tertiary/aromatic N) is 3. The molecule has 1 aromatic heterocycles. The molecule has 0 bridgehead atoms. The largest absolute Gasteiger partial charge is 0.482 e. The van der Waals surface area contributed by atoms with E-state index in [1.54, 1.807) is 31.3 Å². The molecule has 0 atom stereocenters. The van der Waals surface area contributed by atoms with E-state index in [1.165, 1.54) is 22.0 Å². The molecule has 1 aromatic carbocycles. The fourth-order valence-corrected chi connectivity index (χ4v) is 2.25. The predicted molar refractivity (Wildman–Crippen MR) is 83.1 cm³/mol. The molecule has 0 aliphatic carbocycles. The summed E-state index contributed by atoms with van der Waals surface area (Å²) in [6.07, 6.45) is 2.90. The fraction of sp³-hybridized carbons (Fsp3) is 0.200. The molecule has 3 amide bonds. The lowest BCUT2D eigenvalue weighted by Gasteiger charge is -2.28. The number of carbonyl (C=O) groups excluding carboxylic acids is 3. The van der Waals surface area contributed by atoms with Crippen LogP contribution in [0.25, 0.3) is 0 Å². The molecule has 0 radical (unpaired) electrons. The third-order valence-electron chi connectivity index (χ3n) is 3.39. The van der Waals surface area contributed by atoms with Gasteiger partial charge in [-0.25, -0.2) is 0 Å². The van der Waals surface area contributed by atoms with Gasteiger partial charge in [-0.15, -0.1) is 0 Å². The Bertz CT molecular complexity index is 801. The van der Waals surface area contributed by atoms with E-state index in [0.717, 1.165) is 0 Å². The molecule has 9 heteroatoms. The molecule has 1 aliphatic rings. The Balaban J connectivity index is 1.61. The van der Waals surface area contributed by atoms with E-state index < -0.39 is 11.8 Å². The SMILES string of the molecule is Cn1cc(C(=O)NNC(=O)CN2C(=O)COc3ccccc32)cn1. The fourth-order valence-electron chi connectivity index (χ4n) is 2.25. The van der Waals surface area contributed by atoms with Gasteiger partial charge in [-0.3, -0.25) is 34.8 Å². The van der Waals surface area contributed by atoms with Crippen molar-refractivity contribution in [2.24, 2.45) is 7.05 Å². The van der Waals surface area contributed by atoms with Gasteiger partial charge in [0.05, 0.1) is 17.4 Å². The van der Waals surface area contributed by atoms with Gasteiger partial charge >= 0.3 is 0 Å². The normalized spacial score (nSPS) is 13.0. The molecule has 2 aromatic rings. The molecular formula is C15H15N5O4. The number of ether oxygens (including phenoxy) is 1. The molecule has 1 aliphatic heterocycles. The number of amides is 3. The second-order valence-electron chi connectivity index (χ2n) is 5.14. The minimum atomic E-state index is -0.530. The van der Waals surface area contributed by atoms with Crippen LogP contribution in [-0.2, 0) is 16.6 Å². The molecule has 0 unspecified atom stereocenters. The number of anilines is 1. The van der Waals surface area contributed by atoms with Crippen LogP contribution < -0.4 is 20.5 Å². The average Bonchev–Trinajstić information content (AvgIpc) is 3.02. The van der Waals surface area contributed by atoms with Crippen molar-refractivity contribution in [2.75, 3.05) is 18.1 Å². The van der Waals surface area contributed by atoms with Crippen molar-refractivity contribution >= 4 is 23.4 Å². The smallest absolute Gasteiger partial charge is 0.272 e. The highest BCUT2D eigenvalue weighted by molar-refractivity contribution is 6.02. The van der Waals surface area contributed by atoms with Gasteiger partial charge in [0, 0.05) is 13.2 Å². The summed E-state index contributed by atoms with van der Waals surface area (Å²) in [4.78, 5) is 37.2. The summed E-state index contributed by atoms with van der Waals surface area (Å²) in [5, 5.41) is 3.87. The second-order valence-corrected chi connectivity index (χ2v) is 5.14. The number of para-hydroxylation sites is 2. The Hall–Kier alpha value is -3.36. The van der Waals surface area contributed by atoms with Crippen molar-refractivity contribution in [1.29, 1.82) is 0 Å². The lowest BCUT2D eigenvalue weighted by Crippen LogP contribution is -2.49. The van der Waals surface area contributed by atoms with E-state index in [2.05, 4.69) is 16.0 Å². The molecule has 124 valence electrons. The van der Waals surface area contributed by atoms with Crippen LogP contribution in [0.15, 0.2) is 36.7 Å². The maximum Gasteiger partial charge on any atom is 0.272 e. The Morgan fingerprint density at radius 3 is 2.83 bits per heavy atom. The summed E-state index contributed by atoms with van der Waals surface area (Å²) >= 11 is 0. The number of rotatable bonds is 3. The van der Waals surface area contributed by atoms with Crippen molar-refractivity contribution in [3.05, 3.63) is 42.2 Å². The molecule has 0 spiro atoms. The van der Waals surface area contributed by atoms with Gasteiger partial charge in [-0.05, 0) is 12.1 Å². The zero-order valence-electron chi connectivity index (χ0n) is 12.9. The van der Waals surface area contributed by atoms with Crippen molar-refractivity contribution in [2.45, 2.75) is 0 Å². The Morgan fingerprint density at radius 2 is 2.08 bits per heavy atom. The molecule has 24 heavy (non-hydrogen) atoms. The minimum absolute atomic E-state index is 0.133. The number of nitrogens with one attached hydrogen (secondary N) is 2. The summed E-state index contributed by atoms with van der Waals surface area (Å²) in [6.45, 7) is -0.362. The number of fused-ring (bicyclic) bond motifs is 1. The van der Waals surface area contributed by atoms with Gasteiger partial charge in [-0.2, -0.15) is 5.10 Å². The Morgan fingerprint density at radius 1 is 1.29 bits per heavy atom. The standard InChI is InChI=1S/C15H15N5O4/c1-19-7-10(6-16-19)15(23)18-17-13(21)8-20-11-4-2-3-5-12(11)24-9-14(20)22/h2-7H,8-9H2,1H3,(H,17,21)(H,18,23). The van der Waals surface area contributed by atoms with Gasteiger partial charge in [0.15, 0.2) is 6.61 Å². The number of carbonyl (C=O) groups is 3. The second kappa shape index (κ2) is 6.41. The van der Waals surface area contributed by atoms with E-state index in [1.807, 2.05) is 0 Å². The highest BCUT2D eigenvalue weighted by Crippen LogP contribution is 2.30. The number of hydrazine groups is 1. The first-order valence-electron chi connectivity index (χ1n) is 7.14. The maximum absolute atomic E-state index is 12.0. The molecule has 0 saturated heterocycles. The molecule has 2 N–H and O–H groups in total. The quantitative estimate of drug-likeness (QED) is 0.746. The summed E-state index contributed by atoms with van der Waals surface area (Å²) in [5.74, 6) is -0.825. The molecule has 3 rings (SSSR count). The highest BCUT2D eigenvalue weighted by Gasteiger charge is 2.27. The first-order chi connectivity index (χ1) is 11.5. The third kappa shape index (κ3) is 3.19. The number of aromatic nitrogens is 2. The molecule has 0 fully saturated rings. The van der Waals surface area contributed by atoms with Crippen LogP contribution in [0.5, 0.6) is 5.75 Å². The van der Waals surface area contributed by atoms with Gasteiger partial charge in [-0.1, -0.05) is 12.1 Å². The predicted octanol–water partition coefficient (Wildman–Crippen LogP) is -0.393. The average molecular weight is 329 g/mol. The van der Waals surface area contributed by atoms with Crippen molar-refractivity contribution < 1.29 is 19.1 Å². The van der Waals surface area contributed by atoms with Crippen LogP contribution in [0.4, 0.5) is 5.69 Å². The van der Waals surface area contributed by atoms with Gasteiger partial charge in [0.1, 0.15) is 12.3 Å². The van der Waals surface area contributed by atoms with E-state index >= 15 is 0 Å². The zero-order valence-corrected chi connectivity index (χ0v) is 12.9. The monoisotopic (exact) mass is 329 g/mol. The first-order valence-corrected chi connectivity index (χ1v) is 7.14. The zero-order chi connectivity index (χ0) is 17.1. The van der Waals surface area contributed by atoms with Gasteiger partial charge < -0.3 is 4.74 Å². The topological polar surface area (TPSA) is 106 Å². The lowest BCUT2D eigenvalue weighted by molar-refractivity contribution is -0.125. The number of benzene rings is 1. The number of hydrogen-bond acceptors (Lipinski definition) is 5. The van der Waals surface area contributed by atoms with Crippen molar-refractivity contribution in [3.8, 4) is 5.75 Å². The van der Waals surface area contributed by atoms with Gasteiger partial charge in [0.2, 0.25) is 0 Å². The Labute approximate surface area is 137 Å².